The number of halogens is 1. The summed E-state index contributed by atoms with van der Waals surface area (Å²) in [7, 11) is 0. The third-order valence-electron chi connectivity index (χ3n) is 5.09. The molecule has 1 aliphatic heterocycles. The lowest BCUT2D eigenvalue weighted by molar-refractivity contribution is 0.305. The van der Waals surface area contributed by atoms with Crippen LogP contribution in [0.1, 0.15) is 30.4 Å². The van der Waals surface area contributed by atoms with Gasteiger partial charge >= 0.3 is 0 Å². The Bertz CT molecular complexity index is 960. The lowest BCUT2D eigenvalue weighted by Crippen LogP contribution is -2.34. The van der Waals surface area contributed by atoms with Crippen LogP contribution in [0.4, 0.5) is 0 Å². The maximum atomic E-state index is 6.11. The van der Waals surface area contributed by atoms with Crippen molar-refractivity contribution in [1.29, 1.82) is 0 Å². The SMILES string of the molecule is S=C(c1ccc(OCc2cccc3ccccc23)c(Br)c1)N1CCCCC1. The van der Waals surface area contributed by atoms with Crippen molar-refractivity contribution in [2.75, 3.05) is 13.1 Å². The van der Waals surface area contributed by atoms with E-state index in [1.165, 1.54) is 35.6 Å². The molecule has 0 N–H and O–H groups in total. The van der Waals surface area contributed by atoms with Gasteiger partial charge in [0.05, 0.1) is 4.47 Å². The normalized spacial score (nSPS) is 14.3. The van der Waals surface area contributed by atoms with Gasteiger partial charge in [-0.1, -0.05) is 54.7 Å². The molecule has 0 spiro atoms. The van der Waals surface area contributed by atoms with Crippen molar-refractivity contribution < 1.29 is 4.74 Å². The van der Waals surface area contributed by atoms with Crippen LogP contribution in [0.3, 0.4) is 0 Å². The molecule has 1 saturated heterocycles. The van der Waals surface area contributed by atoms with E-state index >= 15 is 0 Å². The average Bonchev–Trinajstić information content (AvgIpc) is 2.73. The smallest absolute Gasteiger partial charge is 0.134 e. The fourth-order valence-corrected chi connectivity index (χ4v) is 4.41. The van der Waals surface area contributed by atoms with Gasteiger partial charge < -0.3 is 9.64 Å². The molecule has 138 valence electrons. The maximum absolute atomic E-state index is 6.11. The molecular weight excluding hydrogens is 418 g/mol. The van der Waals surface area contributed by atoms with Crippen LogP contribution in [0.15, 0.2) is 65.1 Å². The second kappa shape index (κ2) is 8.41. The number of nitrogens with zero attached hydrogens (tertiary/aromatic N) is 1. The second-order valence-corrected chi connectivity index (χ2v) is 8.17. The van der Waals surface area contributed by atoms with E-state index in [1.807, 2.05) is 6.07 Å². The Balaban J connectivity index is 1.49. The fraction of sp³-hybridized carbons (Fsp3) is 0.261. The zero-order valence-corrected chi connectivity index (χ0v) is 17.6. The third-order valence-corrected chi connectivity index (χ3v) is 6.20. The van der Waals surface area contributed by atoms with Crippen LogP contribution in [0.5, 0.6) is 5.75 Å². The number of hydrogen-bond donors (Lipinski definition) is 0. The molecule has 0 radical (unpaired) electrons. The molecule has 4 heteroatoms. The zero-order valence-electron chi connectivity index (χ0n) is 15.2. The summed E-state index contributed by atoms with van der Waals surface area (Å²) in [6.45, 7) is 2.67. The highest BCUT2D eigenvalue weighted by Crippen LogP contribution is 2.29. The Morgan fingerprint density at radius 1 is 0.963 bits per heavy atom. The molecule has 0 unspecified atom stereocenters. The molecule has 4 rings (SSSR count). The number of hydrogen-bond acceptors (Lipinski definition) is 2. The van der Waals surface area contributed by atoms with Crippen molar-refractivity contribution >= 4 is 43.9 Å². The molecule has 0 aliphatic carbocycles. The lowest BCUT2D eigenvalue weighted by atomic mass is 10.1. The van der Waals surface area contributed by atoms with Crippen molar-refractivity contribution in [2.45, 2.75) is 25.9 Å². The molecule has 3 aromatic carbocycles. The van der Waals surface area contributed by atoms with Gasteiger partial charge in [-0.3, -0.25) is 0 Å². The molecular formula is C23H22BrNOS. The zero-order chi connectivity index (χ0) is 18.6. The molecule has 1 aliphatic rings. The van der Waals surface area contributed by atoms with Crippen LogP contribution in [0.2, 0.25) is 0 Å². The Hall–Kier alpha value is -1.91. The fourth-order valence-electron chi connectivity index (χ4n) is 3.60. The standard InChI is InChI=1S/C23H22BrNOS/c24-21-15-18(23(27)25-13-4-1-5-14-25)11-12-22(21)26-16-19-9-6-8-17-7-2-3-10-20(17)19/h2-3,6-12,15H,1,4-5,13-14,16H2. The van der Waals surface area contributed by atoms with E-state index in [0.717, 1.165) is 33.9 Å². The van der Waals surface area contributed by atoms with Gasteiger partial charge in [0.15, 0.2) is 0 Å². The lowest BCUT2D eigenvalue weighted by Gasteiger charge is -2.29. The highest BCUT2D eigenvalue weighted by atomic mass is 79.9. The summed E-state index contributed by atoms with van der Waals surface area (Å²) < 4.78 is 7.05. The first-order valence-corrected chi connectivity index (χ1v) is 10.6. The largest absolute Gasteiger partial charge is 0.488 e. The summed E-state index contributed by atoms with van der Waals surface area (Å²) >= 11 is 9.36. The van der Waals surface area contributed by atoms with Gasteiger partial charge in [-0.15, -0.1) is 0 Å². The number of rotatable bonds is 4. The summed E-state index contributed by atoms with van der Waals surface area (Å²) in [6, 6.07) is 20.9. The van der Waals surface area contributed by atoms with Gasteiger partial charge in [0.2, 0.25) is 0 Å². The number of benzene rings is 3. The van der Waals surface area contributed by atoms with Crippen LogP contribution < -0.4 is 4.74 Å². The minimum absolute atomic E-state index is 0.538. The molecule has 0 atom stereocenters. The van der Waals surface area contributed by atoms with E-state index in [4.69, 9.17) is 17.0 Å². The van der Waals surface area contributed by atoms with Gasteiger partial charge in [-0.25, -0.2) is 0 Å². The monoisotopic (exact) mass is 439 g/mol. The highest BCUT2D eigenvalue weighted by Gasteiger charge is 2.16. The summed E-state index contributed by atoms with van der Waals surface area (Å²) in [4.78, 5) is 3.26. The van der Waals surface area contributed by atoms with E-state index in [9.17, 15) is 0 Å². The van der Waals surface area contributed by atoms with Crippen LogP contribution in [0, 0.1) is 0 Å². The van der Waals surface area contributed by atoms with E-state index < -0.39 is 0 Å². The molecule has 27 heavy (non-hydrogen) atoms. The van der Waals surface area contributed by atoms with Crippen molar-refractivity contribution in [2.24, 2.45) is 0 Å². The van der Waals surface area contributed by atoms with E-state index in [2.05, 4.69) is 75.4 Å². The first kappa shape index (κ1) is 18.5. The molecule has 2 nitrogen and oxygen atoms in total. The van der Waals surface area contributed by atoms with Crippen molar-refractivity contribution in [3.63, 3.8) is 0 Å². The molecule has 0 amide bonds. The molecule has 0 saturated carbocycles. The van der Waals surface area contributed by atoms with Gasteiger partial charge in [0, 0.05) is 18.7 Å². The van der Waals surface area contributed by atoms with Crippen molar-refractivity contribution in [3.8, 4) is 5.75 Å². The predicted octanol–water partition coefficient (Wildman–Crippen LogP) is 6.34. The molecule has 1 heterocycles. The molecule has 3 aromatic rings. The first-order chi connectivity index (χ1) is 13.2. The molecule has 0 bridgehead atoms. The van der Waals surface area contributed by atoms with Crippen LogP contribution in [-0.2, 0) is 6.61 Å². The van der Waals surface area contributed by atoms with Gasteiger partial charge in [-0.05, 0) is 69.7 Å². The van der Waals surface area contributed by atoms with Crippen LogP contribution in [0.25, 0.3) is 10.8 Å². The summed E-state index contributed by atoms with van der Waals surface area (Å²) in [5.74, 6) is 0.841. The van der Waals surface area contributed by atoms with Crippen molar-refractivity contribution in [1.82, 2.24) is 4.90 Å². The minimum Gasteiger partial charge on any atom is -0.488 e. The summed E-state index contributed by atoms with van der Waals surface area (Å²) in [5, 5.41) is 2.47. The Labute approximate surface area is 174 Å². The van der Waals surface area contributed by atoms with Crippen LogP contribution >= 0.6 is 28.1 Å². The molecule has 1 fully saturated rings. The van der Waals surface area contributed by atoms with Gasteiger partial charge in [0.25, 0.3) is 0 Å². The maximum Gasteiger partial charge on any atom is 0.134 e. The number of piperidine rings is 1. The third kappa shape index (κ3) is 4.17. The van der Waals surface area contributed by atoms with E-state index in [0.29, 0.717) is 6.61 Å². The Morgan fingerprint density at radius 2 is 1.74 bits per heavy atom. The quantitative estimate of drug-likeness (QED) is 0.439. The molecule has 0 aromatic heterocycles. The predicted molar refractivity (Wildman–Crippen MR) is 120 cm³/mol. The van der Waals surface area contributed by atoms with Crippen LogP contribution in [-0.4, -0.2) is 23.0 Å². The first-order valence-electron chi connectivity index (χ1n) is 9.40. The number of fused-ring (bicyclic) bond motifs is 1. The number of likely N-dealkylation sites (tertiary alicyclic amines) is 1. The summed E-state index contributed by atoms with van der Waals surface area (Å²) in [6.07, 6.45) is 3.77. The average molecular weight is 440 g/mol. The van der Waals surface area contributed by atoms with Gasteiger partial charge in [-0.2, -0.15) is 0 Å². The Kier molecular flexibility index (Phi) is 5.74. The second-order valence-electron chi connectivity index (χ2n) is 6.93. The van der Waals surface area contributed by atoms with E-state index in [-0.39, 0.29) is 0 Å². The van der Waals surface area contributed by atoms with E-state index in [1.54, 1.807) is 0 Å². The number of ether oxygens (including phenoxy) is 1. The Morgan fingerprint density at radius 3 is 2.56 bits per heavy atom. The topological polar surface area (TPSA) is 12.5 Å². The number of thiocarbonyl (C=S) groups is 1. The minimum atomic E-state index is 0.538. The van der Waals surface area contributed by atoms with Crippen molar-refractivity contribution in [3.05, 3.63) is 76.3 Å². The van der Waals surface area contributed by atoms with Gasteiger partial charge in [0.1, 0.15) is 17.3 Å². The highest BCUT2D eigenvalue weighted by molar-refractivity contribution is 9.10. The summed E-state index contributed by atoms with van der Waals surface area (Å²) in [5.41, 5.74) is 2.27.